The molecule has 164 valence electrons. The number of nitrogens with zero attached hydrogens (tertiary/aromatic N) is 1. The Morgan fingerprint density at radius 2 is 1.83 bits per heavy atom. The topological polar surface area (TPSA) is 162 Å². The molecule has 1 aromatic rings. The first-order valence-corrected chi connectivity index (χ1v) is 10.1. The van der Waals surface area contributed by atoms with Gasteiger partial charge < -0.3 is 31.5 Å². The quantitative estimate of drug-likeness (QED) is 0.266. The van der Waals surface area contributed by atoms with Gasteiger partial charge in [-0.25, -0.2) is 4.79 Å². The van der Waals surface area contributed by atoms with Gasteiger partial charge in [-0.15, -0.1) is 0 Å². The number of aromatic hydroxyl groups is 1. The van der Waals surface area contributed by atoms with Crippen LogP contribution >= 0.6 is 12.6 Å². The summed E-state index contributed by atoms with van der Waals surface area (Å²) in [5.74, 6) is -2.76. The third-order valence-corrected chi connectivity index (χ3v) is 5.20. The first-order chi connectivity index (χ1) is 14.3. The van der Waals surface area contributed by atoms with Gasteiger partial charge in [-0.1, -0.05) is 12.1 Å². The molecule has 1 aromatic carbocycles. The molecule has 1 fully saturated rings. The molecule has 1 aliphatic rings. The largest absolute Gasteiger partial charge is 0.508 e. The molecular weight excluding hydrogens is 412 g/mol. The van der Waals surface area contributed by atoms with Crippen molar-refractivity contribution in [1.29, 1.82) is 0 Å². The number of nitrogens with one attached hydrogen (secondary N) is 2. The van der Waals surface area contributed by atoms with Gasteiger partial charge in [-0.3, -0.25) is 14.4 Å². The number of phenols is 1. The summed E-state index contributed by atoms with van der Waals surface area (Å²) in [7, 11) is 0. The molecule has 10 nitrogen and oxygen atoms in total. The molecular formula is C19H26N4O6S. The molecule has 6 N–H and O–H groups in total. The number of thiol groups is 1. The number of amides is 3. The number of nitrogens with two attached hydrogens (primary N) is 1. The zero-order valence-electron chi connectivity index (χ0n) is 16.3. The number of likely N-dealkylation sites (tertiary alicyclic amines) is 1. The van der Waals surface area contributed by atoms with E-state index in [0.29, 0.717) is 18.4 Å². The van der Waals surface area contributed by atoms with Crippen molar-refractivity contribution < 1.29 is 29.4 Å². The summed E-state index contributed by atoms with van der Waals surface area (Å²) < 4.78 is 0. The number of phenolic OH excluding ortho intramolecular Hbond substituents is 1. The Morgan fingerprint density at radius 3 is 2.40 bits per heavy atom. The summed E-state index contributed by atoms with van der Waals surface area (Å²) in [5.41, 5.74) is 5.92. The fourth-order valence-electron chi connectivity index (χ4n) is 3.27. The molecule has 0 aliphatic carbocycles. The zero-order chi connectivity index (χ0) is 22.3. The number of rotatable bonds is 9. The van der Waals surface area contributed by atoms with Crippen LogP contribution in [0, 0.1) is 0 Å². The lowest BCUT2D eigenvalue weighted by atomic mass is 10.0. The summed E-state index contributed by atoms with van der Waals surface area (Å²) in [4.78, 5) is 50.1. The van der Waals surface area contributed by atoms with Gasteiger partial charge in [0.05, 0.1) is 6.54 Å². The summed E-state index contributed by atoms with van der Waals surface area (Å²) in [6, 6.07) is 3.10. The third kappa shape index (κ3) is 6.10. The van der Waals surface area contributed by atoms with E-state index in [2.05, 4.69) is 23.3 Å². The Labute approximate surface area is 179 Å². The van der Waals surface area contributed by atoms with Crippen LogP contribution < -0.4 is 16.4 Å². The summed E-state index contributed by atoms with van der Waals surface area (Å²) >= 11 is 4.06. The van der Waals surface area contributed by atoms with E-state index in [1.165, 1.54) is 17.0 Å². The molecule has 0 spiro atoms. The number of carbonyl (C=O) groups is 4. The lowest BCUT2D eigenvalue weighted by Crippen LogP contribution is -2.57. The van der Waals surface area contributed by atoms with Gasteiger partial charge in [0.1, 0.15) is 23.9 Å². The van der Waals surface area contributed by atoms with E-state index in [1.807, 2.05) is 0 Å². The van der Waals surface area contributed by atoms with Crippen LogP contribution in [0.2, 0.25) is 0 Å². The van der Waals surface area contributed by atoms with Crippen LogP contribution in [-0.4, -0.2) is 75.8 Å². The highest BCUT2D eigenvalue weighted by atomic mass is 32.1. The van der Waals surface area contributed by atoms with E-state index in [1.54, 1.807) is 12.1 Å². The first-order valence-electron chi connectivity index (χ1n) is 9.48. The molecule has 1 aliphatic heterocycles. The fourth-order valence-corrected chi connectivity index (χ4v) is 3.53. The predicted molar refractivity (Wildman–Crippen MR) is 111 cm³/mol. The molecule has 0 bridgehead atoms. The van der Waals surface area contributed by atoms with Crippen LogP contribution in [0.15, 0.2) is 24.3 Å². The molecule has 3 atom stereocenters. The van der Waals surface area contributed by atoms with Crippen molar-refractivity contribution in [2.75, 3.05) is 18.8 Å². The van der Waals surface area contributed by atoms with E-state index in [0.717, 1.165) is 0 Å². The number of hydrogen-bond acceptors (Lipinski definition) is 7. The van der Waals surface area contributed by atoms with Gasteiger partial charge in [0.2, 0.25) is 17.7 Å². The Bertz CT molecular complexity index is 788. The van der Waals surface area contributed by atoms with Crippen LogP contribution in [-0.2, 0) is 25.6 Å². The molecule has 30 heavy (non-hydrogen) atoms. The highest BCUT2D eigenvalue weighted by Crippen LogP contribution is 2.20. The number of carbonyl (C=O) groups excluding carboxylic acids is 3. The molecule has 3 amide bonds. The zero-order valence-corrected chi connectivity index (χ0v) is 17.2. The molecule has 0 saturated carbocycles. The minimum Gasteiger partial charge on any atom is -0.508 e. The number of benzene rings is 1. The molecule has 2 rings (SSSR count). The van der Waals surface area contributed by atoms with Crippen molar-refractivity contribution >= 4 is 36.3 Å². The SMILES string of the molecule is NCC(=O)NC(CS)C(=O)NC(Cc1ccc(O)cc1)C(=O)N1CCCC1C(=O)O. The number of carboxylic acid groups (broad SMARTS) is 1. The van der Waals surface area contributed by atoms with E-state index >= 15 is 0 Å². The van der Waals surface area contributed by atoms with Crippen molar-refractivity contribution in [1.82, 2.24) is 15.5 Å². The van der Waals surface area contributed by atoms with Crippen LogP contribution in [0.25, 0.3) is 0 Å². The number of carboxylic acids is 1. The minimum atomic E-state index is -1.10. The predicted octanol–water partition coefficient (Wildman–Crippen LogP) is -1.13. The highest BCUT2D eigenvalue weighted by molar-refractivity contribution is 7.80. The second-order valence-corrected chi connectivity index (χ2v) is 7.33. The number of aliphatic carboxylic acids is 1. The van der Waals surface area contributed by atoms with Crippen molar-refractivity contribution in [3.05, 3.63) is 29.8 Å². The van der Waals surface area contributed by atoms with Crippen LogP contribution in [0.1, 0.15) is 18.4 Å². The Balaban J connectivity index is 2.22. The number of hydrogen-bond donors (Lipinski definition) is 6. The molecule has 0 aromatic heterocycles. The molecule has 1 saturated heterocycles. The maximum absolute atomic E-state index is 13.1. The maximum atomic E-state index is 13.1. The Kier molecular flexibility index (Phi) is 8.48. The lowest BCUT2D eigenvalue weighted by molar-refractivity contribution is -0.149. The monoisotopic (exact) mass is 438 g/mol. The normalized spacial score (nSPS) is 17.8. The standard InChI is InChI=1S/C19H26N4O6S/c20-9-16(25)21-14(10-30)17(26)22-13(8-11-3-5-12(24)6-4-11)18(27)23-7-1-2-15(23)19(28)29/h3-6,13-15,24,30H,1-2,7-10,20H2,(H,21,25)(H,22,26)(H,28,29). The minimum absolute atomic E-state index is 0.0147. The Morgan fingerprint density at radius 1 is 1.17 bits per heavy atom. The van der Waals surface area contributed by atoms with Crippen LogP contribution in [0.4, 0.5) is 0 Å². The van der Waals surface area contributed by atoms with Crippen molar-refractivity contribution in [3.63, 3.8) is 0 Å². The van der Waals surface area contributed by atoms with E-state index in [4.69, 9.17) is 5.73 Å². The average molecular weight is 439 g/mol. The second-order valence-electron chi connectivity index (χ2n) is 6.97. The average Bonchev–Trinajstić information content (AvgIpc) is 3.22. The third-order valence-electron chi connectivity index (χ3n) is 4.83. The first kappa shape index (κ1) is 23.5. The molecule has 0 radical (unpaired) electrons. The van der Waals surface area contributed by atoms with Crippen LogP contribution in [0.5, 0.6) is 5.75 Å². The molecule has 11 heteroatoms. The van der Waals surface area contributed by atoms with Gasteiger partial charge in [-0.2, -0.15) is 12.6 Å². The van der Waals surface area contributed by atoms with E-state index < -0.39 is 41.8 Å². The summed E-state index contributed by atoms with van der Waals surface area (Å²) in [6.07, 6.45) is 0.971. The van der Waals surface area contributed by atoms with Crippen LogP contribution in [0.3, 0.4) is 0 Å². The summed E-state index contributed by atoms with van der Waals surface area (Å²) in [6.45, 7) is -0.0286. The van der Waals surface area contributed by atoms with Crippen molar-refractivity contribution in [2.24, 2.45) is 5.73 Å². The van der Waals surface area contributed by atoms with Gasteiger partial charge in [0.15, 0.2) is 0 Å². The van der Waals surface area contributed by atoms with Crippen molar-refractivity contribution in [3.8, 4) is 5.75 Å². The second kappa shape index (κ2) is 10.8. The van der Waals surface area contributed by atoms with Gasteiger partial charge in [0.25, 0.3) is 0 Å². The highest BCUT2D eigenvalue weighted by Gasteiger charge is 2.38. The van der Waals surface area contributed by atoms with Gasteiger partial charge in [0, 0.05) is 18.7 Å². The lowest BCUT2D eigenvalue weighted by Gasteiger charge is -2.28. The van der Waals surface area contributed by atoms with Gasteiger partial charge >= 0.3 is 5.97 Å². The van der Waals surface area contributed by atoms with Crippen molar-refractivity contribution in [2.45, 2.75) is 37.4 Å². The fraction of sp³-hybridized carbons (Fsp3) is 0.474. The van der Waals surface area contributed by atoms with Gasteiger partial charge in [-0.05, 0) is 30.5 Å². The maximum Gasteiger partial charge on any atom is 0.326 e. The Hall–Kier alpha value is -2.79. The smallest absolute Gasteiger partial charge is 0.326 e. The van der Waals surface area contributed by atoms with E-state index in [9.17, 15) is 29.4 Å². The molecule has 3 unspecified atom stereocenters. The molecule has 1 heterocycles. The van der Waals surface area contributed by atoms with E-state index in [-0.39, 0.29) is 31.0 Å². The summed E-state index contributed by atoms with van der Waals surface area (Å²) in [5, 5.41) is 23.9.